The van der Waals surface area contributed by atoms with Crippen LogP contribution in [0.5, 0.6) is 0 Å². The number of hydrogen-bond acceptors (Lipinski definition) is 3. The highest BCUT2D eigenvalue weighted by Crippen LogP contribution is 2.14. The van der Waals surface area contributed by atoms with Crippen LogP contribution in [0.15, 0.2) is 0 Å². The number of rotatable bonds is 16. The number of aliphatic hydroxyl groups excluding tert-OH is 1. The summed E-state index contributed by atoms with van der Waals surface area (Å²) in [6.45, 7) is 7.44. The quantitative estimate of drug-likeness (QED) is 0.390. The second-order valence-electron chi connectivity index (χ2n) is 8.12. The smallest absolute Gasteiger partial charge is 0.220 e. The molecule has 0 unspecified atom stereocenters. The van der Waals surface area contributed by atoms with E-state index in [1.807, 2.05) is 0 Å². The Kier molecular flexibility index (Phi) is 13.9. The van der Waals surface area contributed by atoms with Gasteiger partial charge in [0, 0.05) is 13.0 Å². The topological polar surface area (TPSA) is 52.6 Å². The van der Waals surface area contributed by atoms with Crippen LogP contribution in [0.2, 0.25) is 0 Å². The van der Waals surface area contributed by atoms with Crippen molar-refractivity contribution in [3.05, 3.63) is 0 Å². The zero-order chi connectivity index (χ0) is 19.0. The molecule has 0 aromatic heterocycles. The van der Waals surface area contributed by atoms with E-state index in [0.29, 0.717) is 6.42 Å². The number of unbranched alkanes of at least 4 members (excludes halogenated alkanes) is 8. The van der Waals surface area contributed by atoms with E-state index in [4.69, 9.17) is 0 Å². The van der Waals surface area contributed by atoms with Crippen molar-refractivity contribution >= 4 is 5.91 Å². The predicted molar refractivity (Wildman–Crippen MR) is 110 cm³/mol. The second kappa shape index (κ2) is 15.4. The summed E-state index contributed by atoms with van der Waals surface area (Å²) < 4.78 is 0. The average Bonchev–Trinajstić information content (AvgIpc) is 3.14. The van der Waals surface area contributed by atoms with Crippen LogP contribution >= 0.6 is 0 Å². The Bertz CT molecular complexity index is 343. The van der Waals surface area contributed by atoms with Gasteiger partial charge >= 0.3 is 0 Å². The van der Waals surface area contributed by atoms with Gasteiger partial charge in [-0.05, 0) is 38.8 Å². The number of aliphatic hydroxyl groups is 1. The summed E-state index contributed by atoms with van der Waals surface area (Å²) in [6.07, 6.45) is 15.3. The molecular formula is C22H44N2O2. The van der Waals surface area contributed by atoms with Crippen LogP contribution in [0.4, 0.5) is 0 Å². The minimum Gasteiger partial charge on any atom is -0.391 e. The first-order valence-electron chi connectivity index (χ1n) is 11.4. The van der Waals surface area contributed by atoms with E-state index in [1.54, 1.807) is 0 Å². The molecule has 1 heterocycles. The van der Waals surface area contributed by atoms with Gasteiger partial charge in [-0.3, -0.25) is 4.79 Å². The highest BCUT2D eigenvalue weighted by molar-refractivity contribution is 5.76. The molecule has 0 bridgehead atoms. The molecule has 0 saturated carbocycles. The van der Waals surface area contributed by atoms with Crippen molar-refractivity contribution in [3.8, 4) is 0 Å². The first-order valence-corrected chi connectivity index (χ1v) is 11.4. The van der Waals surface area contributed by atoms with E-state index >= 15 is 0 Å². The first kappa shape index (κ1) is 23.4. The van der Waals surface area contributed by atoms with Gasteiger partial charge in [-0.2, -0.15) is 0 Å². The van der Waals surface area contributed by atoms with Crippen LogP contribution in [0, 0.1) is 0 Å². The summed E-state index contributed by atoms with van der Waals surface area (Å²) >= 11 is 0. The lowest BCUT2D eigenvalue weighted by atomic mass is 10.0. The van der Waals surface area contributed by atoms with E-state index in [1.165, 1.54) is 57.8 Å². The molecule has 154 valence electrons. The van der Waals surface area contributed by atoms with Gasteiger partial charge in [0.1, 0.15) is 0 Å². The maximum atomic E-state index is 12.3. The normalized spacial score (nSPS) is 17.3. The van der Waals surface area contributed by atoms with Gasteiger partial charge in [-0.15, -0.1) is 0 Å². The van der Waals surface area contributed by atoms with Crippen LogP contribution in [0.25, 0.3) is 0 Å². The monoisotopic (exact) mass is 368 g/mol. The molecule has 26 heavy (non-hydrogen) atoms. The first-order chi connectivity index (χ1) is 12.7. The Labute approximate surface area is 162 Å². The molecule has 4 nitrogen and oxygen atoms in total. The lowest BCUT2D eigenvalue weighted by Crippen LogP contribution is -2.50. The van der Waals surface area contributed by atoms with Crippen LogP contribution in [-0.2, 0) is 4.79 Å². The lowest BCUT2D eigenvalue weighted by Gasteiger charge is -2.28. The Balaban J connectivity index is 2.35. The van der Waals surface area contributed by atoms with Gasteiger partial charge in [0.05, 0.1) is 12.1 Å². The molecule has 1 rings (SSSR count). The van der Waals surface area contributed by atoms with Gasteiger partial charge in [-0.25, -0.2) is 0 Å². The molecule has 4 heteroatoms. The predicted octanol–water partition coefficient (Wildman–Crippen LogP) is 4.65. The molecule has 0 aliphatic carbocycles. The fraction of sp³-hybridized carbons (Fsp3) is 0.955. The molecule has 1 aliphatic rings. The minimum absolute atomic E-state index is 0.109. The van der Waals surface area contributed by atoms with Crippen LogP contribution in [0.3, 0.4) is 0 Å². The Morgan fingerprint density at radius 3 is 2.12 bits per heavy atom. The van der Waals surface area contributed by atoms with E-state index in [9.17, 15) is 9.90 Å². The molecule has 0 aromatic carbocycles. The molecular weight excluding hydrogens is 324 g/mol. The van der Waals surface area contributed by atoms with Gasteiger partial charge in [0.25, 0.3) is 0 Å². The second-order valence-corrected chi connectivity index (χ2v) is 8.12. The Morgan fingerprint density at radius 2 is 1.50 bits per heavy atom. The van der Waals surface area contributed by atoms with Crippen LogP contribution < -0.4 is 5.32 Å². The van der Waals surface area contributed by atoms with Crippen molar-refractivity contribution in [2.24, 2.45) is 0 Å². The number of nitrogens with one attached hydrogen (secondary N) is 1. The average molecular weight is 369 g/mol. The number of amides is 1. The summed E-state index contributed by atoms with van der Waals surface area (Å²) in [5, 5.41) is 13.8. The molecule has 0 aromatic rings. The van der Waals surface area contributed by atoms with Crippen molar-refractivity contribution in [2.45, 2.75) is 116 Å². The third kappa shape index (κ3) is 11.2. The van der Waals surface area contributed by atoms with E-state index in [-0.39, 0.29) is 11.9 Å². The largest absolute Gasteiger partial charge is 0.391 e. The van der Waals surface area contributed by atoms with Gasteiger partial charge in [0.15, 0.2) is 0 Å². The third-order valence-electron chi connectivity index (χ3n) is 5.58. The molecule has 2 N–H and O–H groups in total. The summed E-state index contributed by atoms with van der Waals surface area (Å²) in [5.41, 5.74) is 0. The number of carbonyl (C=O) groups is 1. The SMILES string of the molecule is CCCCCCCC(=O)N[C@H](CN1CCCC1)[C@H](O)CCCCCCC. The molecule has 0 spiro atoms. The fourth-order valence-electron chi connectivity index (χ4n) is 3.83. The van der Waals surface area contributed by atoms with Gasteiger partial charge in [0.2, 0.25) is 5.91 Å². The van der Waals surface area contributed by atoms with Crippen molar-refractivity contribution in [1.29, 1.82) is 0 Å². The van der Waals surface area contributed by atoms with E-state index in [2.05, 4.69) is 24.1 Å². The number of carbonyl (C=O) groups excluding carboxylic acids is 1. The summed E-state index contributed by atoms with van der Waals surface area (Å²) in [4.78, 5) is 14.7. The van der Waals surface area contributed by atoms with Gasteiger partial charge in [-0.1, -0.05) is 71.6 Å². The number of likely N-dealkylation sites (tertiary alicyclic amines) is 1. The van der Waals surface area contributed by atoms with Gasteiger partial charge < -0.3 is 15.3 Å². The summed E-state index contributed by atoms with van der Waals surface area (Å²) in [7, 11) is 0. The standard InChI is InChI=1S/C22H44N2O2/c1-3-5-7-9-11-15-21(25)20(19-24-17-13-14-18-24)23-22(26)16-12-10-8-6-4-2/h20-21,25H,3-19H2,1-2H3,(H,23,26)/t20-,21-/m1/s1. The number of hydrogen-bond donors (Lipinski definition) is 2. The maximum Gasteiger partial charge on any atom is 0.220 e. The molecule has 1 aliphatic heterocycles. The molecule has 0 radical (unpaired) electrons. The summed E-state index contributed by atoms with van der Waals surface area (Å²) in [6, 6.07) is -0.109. The molecule has 1 fully saturated rings. The highest BCUT2D eigenvalue weighted by Gasteiger charge is 2.25. The third-order valence-corrected chi connectivity index (χ3v) is 5.58. The lowest BCUT2D eigenvalue weighted by molar-refractivity contribution is -0.123. The van der Waals surface area contributed by atoms with Crippen molar-refractivity contribution in [2.75, 3.05) is 19.6 Å². The van der Waals surface area contributed by atoms with E-state index < -0.39 is 6.10 Å². The van der Waals surface area contributed by atoms with Crippen LogP contribution in [-0.4, -0.2) is 47.7 Å². The zero-order valence-electron chi connectivity index (χ0n) is 17.5. The Morgan fingerprint density at radius 1 is 0.923 bits per heavy atom. The minimum atomic E-state index is -0.415. The Hall–Kier alpha value is -0.610. The van der Waals surface area contributed by atoms with Crippen molar-refractivity contribution < 1.29 is 9.90 Å². The molecule has 1 saturated heterocycles. The van der Waals surface area contributed by atoms with Crippen LogP contribution in [0.1, 0.15) is 104 Å². The highest BCUT2D eigenvalue weighted by atomic mass is 16.3. The van der Waals surface area contributed by atoms with E-state index in [0.717, 1.165) is 45.3 Å². The molecule has 2 atom stereocenters. The summed E-state index contributed by atoms with van der Waals surface area (Å²) in [5.74, 6) is 0.121. The number of nitrogens with zero attached hydrogens (tertiary/aromatic N) is 1. The fourth-order valence-corrected chi connectivity index (χ4v) is 3.83. The van der Waals surface area contributed by atoms with Crippen molar-refractivity contribution in [3.63, 3.8) is 0 Å². The maximum absolute atomic E-state index is 12.3. The zero-order valence-corrected chi connectivity index (χ0v) is 17.5. The van der Waals surface area contributed by atoms with Crippen molar-refractivity contribution in [1.82, 2.24) is 10.2 Å². The molecule has 1 amide bonds.